The SMILES string of the molecule is O=C1NC2CC(C(=O)N3CCN(c4ccccc4)CC3)CCC2S/C1=C/c1cccc(Cl)c1. The van der Waals surface area contributed by atoms with Crippen LogP contribution in [-0.2, 0) is 9.59 Å². The molecule has 2 aliphatic heterocycles. The first kappa shape index (κ1) is 22.4. The first-order chi connectivity index (χ1) is 16.1. The van der Waals surface area contributed by atoms with Gasteiger partial charge in [0, 0.05) is 54.1 Å². The van der Waals surface area contributed by atoms with Crippen molar-refractivity contribution in [1.29, 1.82) is 0 Å². The molecule has 1 saturated carbocycles. The molecule has 172 valence electrons. The van der Waals surface area contributed by atoms with Crippen molar-refractivity contribution in [2.24, 2.45) is 5.92 Å². The molecule has 2 aromatic carbocycles. The van der Waals surface area contributed by atoms with E-state index in [0.29, 0.717) is 10.3 Å². The molecule has 5 rings (SSSR count). The van der Waals surface area contributed by atoms with E-state index in [9.17, 15) is 9.59 Å². The van der Waals surface area contributed by atoms with Crippen molar-refractivity contribution in [3.63, 3.8) is 0 Å². The lowest BCUT2D eigenvalue weighted by molar-refractivity contribution is -0.137. The Labute approximate surface area is 204 Å². The second-order valence-corrected chi connectivity index (χ2v) is 10.7. The Bertz CT molecular complexity index is 1050. The molecule has 2 saturated heterocycles. The van der Waals surface area contributed by atoms with Crippen LogP contribution in [0.15, 0.2) is 59.5 Å². The van der Waals surface area contributed by atoms with Gasteiger partial charge in [-0.15, -0.1) is 11.8 Å². The fraction of sp³-hybridized carbons (Fsp3) is 0.385. The number of benzene rings is 2. The molecular weight excluding hydrogens is 454 g/mol. The summed E-state index contributed by atoms with van der Waals surface area (Å²) in [6.45, 7) is 3.23. The number of nitrogens with zero attached hydrogens (tertiary/aromatic N) is 2. The van der Waals surface area contributed by atoms with Gasteiger partial charge >= 0.3 is 0 Å². The Morgan fingerprint density at radius 2 is 1.82 bits per heavy atom. The van der Waals surface area contributed by atoms with Crippen LogP contribution >= 0.6 is 23.4 Å². The highest BCUT2D eigenvalue weighted by Gasteiger charge is 2.41. The Hall–Kier alpha value is -2.44. The average molecular weight is 482 g/mol. The van der Waals surface area contributed by atoms with Crippen molar-refractivity contribution in [3.05, 3.63) is 70.1 Å². The topological polar surface area (TPSA) is 52.7 Å². The van der Waals surface area contributed by atoms with Crippen LogP contribution in [-0.4, -0.2) is 54.2 Å². The van der Waals surface area contributed by atoms with Crippen LogP contribution in [0.1, 0.15) is 24.8 Å². The van der Waals surface area contributed by atoms with Crippen LogP contribution in [0.3, 0.4) is 0 Å². The summed E-state index contributed by atoms with van der Waals surface area (Å²) in [7, 11) is 0. The first-order valence-electron chi connectivity index (χ1n) is 11.6. The van der Waals surface area contributed by atoms with Gasteiger partial charge in [0.15, 0.2) is 0 Å². The van der Waals surface area contributed by atoms with E-state index in [2.05, 4.69) is 34.5 Å². The number of para-hydroxylation sites is 1. The van der Waals surface area contributed by atoms with Crippen LogP contribution < -0.4 is 10.2 Å². The molecule has 2 heterocycles. The van der Waals surface area contributed by atoms with Gasteiger partial charge < -0.3 is 15.1 Å². The molecule has 3 aliphatic rings. The number of amides is 2. The van der Waals surface area contributed by atoms with E-state index >= 15 is 0 Å². The van der Waals surface area contributed by atoms with Crippen molar-refractivity contribution in [1.82, 2.24) is 10.2 Å². The number of halogens is 1. The van der Waals surface area contributed by atoms with Gasteiger partial charge in [-0.05, 0) is 55.2 Å². The van der Waals surface area contributed by atoms with Crippen molar-refractivity contribution in [3.8, 4) is 0 Å². The van der Waals surface area contributed by atoms with Crippen molar-refractivity contribution >= 4 is 46.9 Å². The van der Waals surface area contributed by atoms with E-state index in [1.165, 1.54) is 5.69 Å². The Balaban J connectivity index is 1.17. The summed E-state index contributed by atoms with van der Waals surface area (Å²) in [4.78, 5) is 31.1. The molecule has 3 unspecified atom stereocenters. The number of hydrogen-bond donors (Lipinski definition) is 1. The largest absolute Gasteiger partial charge is 0.368 e. The number of anilines is 1. The second kappa shape index (κ2) is 9.82. The van der Waals surface area contributed by atoms with E-state index in [1.807, 2.05) is 41.3 Å². The van der Waals surface area contributed by atoms with Gasteiger partial charge in [0.2, 0.25) is 5.91 Å². The summed E-state index contributed by atoms with van der Waals surface area (Å²) < 4.78 is 0. The predicted molar refractivity (Wildman–Crippen MR) is 135 cm³/mol. The third-order valence-electron chi connectivity index (χ3n) is 6.81. The molecule has 3 atom stereocenters. The number of fused-ring (bicyclic) bond motifs is 1. The number of nitrogens with one attached hydrogen (secondary N) is 1. The number of carbonyl (C=O) groups is 2. The van der Waals surface area contributed by atoms with E-state index in [0.717, 1.165) is 55.9 Å². The lowest BCUT2D eigenvalue weighted by atomic mass is 9.84. The van der Waals surface area contributed by atoms with Gasteiger partial charge in [-0.1, -0.05) is 41.9 Å². The van der Waals surface area contributed by atoms with Gasteiger partial charge in [0.05, 0.1) is 4.91 Å². The zero-order valence-corrected chi connectivity index (χ0v) is 20.0. The van der Waals surface area contributed by atoms with E-state index in [4.69, 9.17) is 11.6 Å². The maximum Gasteiger partial charge on any atom is 0.257 e. The highest BCUT2D eigenvalue weighted by Crippen LogP contribution is 2.40. The van der Waals surface area contributed by atoms with E-state index < -0.39 is 0 Å². The summed E-state index contributed by atoms with van der Waals surface area (Å²) in [5.41, 5.74) is 2.14. The summed E-state index contributed by atoms with van der Waals surface area (Å²) in [6, 6.07) is 18.0. The Morgan fingerprint density at radius 1 is 1.03 bits per heavy atom. The molecular formula is C26H28ClN3O2S. The van der Waals surface area contributed by atoms with E-state index in [1.54, 1.807) is 11.8 Å². The maximum absolute atomic E-state index is 13.3. The quantitative estimate of drug-likeness (QED) is 0.659. The number of rotatable bonds is 3. The van der Waals surface area contributed by atoms with Crippen LogP contribution in [0.25, 0.3) is 6.08 Å². The van der Waals surface area contributed by atoms with Gasteiger partial charge in [0.25, 0.3) is 5.91 Å². The lowest BCUT2D eigenvalue weighted by Crippen LogP contribution is -2.54. The standard InChI is InChI=1S/C26H28ClN3O2S/c27-20-6-4-5-18(15-20)16-24-25(31)28-22-17-19(9-10-23(22)33-24)26(32)30-13-11-29(12-14-30)21-7-2-1-3-8-21/h1-8,15-16,19,22-23H,9-14,17H2,(H,28,31)/b24-16+. The molecule has 1 aliphatic carbocycles. The minimum atomic E-state index is -0.0502. The molecule has 0 radical (unpaired) electrons. The zero-order chi connectivity index (χ0) is 22.8. The molecule has 0 spiro atoms. The fourth-order valence-corrected chi connectivity index (χ4v) is 6.54. The van der Waals surface area contributed by atoms with Crippen molar-refractivity contribution < 1.29 is 9.59 Å². The minimum absolute atomic E-state index is 0.00566. The monoisotopic (exact) mass is 481 g/mol. The number of carbonyl (C=O) groups excluding carboxylic acids is 2. The number of hydrogen-bond acceptors (Lipinski definition) is 4. The molecule has 2 amide bonds. The third-order valence-corrected chi connectivity index (χ3v) is 8.47. The molecule has 2 aromatic rings. The molecule has 0 bridgehead atoms. The van der Waals surface area contributed by atoms with Crippen LogP contribution in [0.5, 0.6) is 0 Å². The normalized spacial score (nSPS) is 26.6. The van der Waals surface area contributed by atoms with Crippen molar-refractivity contribution in [2.75, 3.05) is 31.1 Å². The second-order valence-electron chi connectivity index (χ2n) is 8.96. The maximum atomic E-state index is 13.3. The third kappa shape index (κ3) is 5.07. The summed E-state index contributed by atoms with van der Waals surface area (Å²) in [6.07, 6.45) is 4.45. The molecule has 33 heavy (non-hydrogen) atoms. The molecule has 5 nitrogen and oxygen atoms in total. The van der Waals surface area contributed by atoms with Gasteiger partial charge in [-0.25, -0.2) is 0 Å². The first-order valence-corrected chi connectivity index (χ1v) is 12.9. The predicted octanol–water partition coefficient (Wildman–Crippen LogP) is 4.43. The van der Waals surface area contributed by atoms with Crippen LogP contribution in [0.4, 0.5) is 5.69 Å². The highest BCUT2D eigenvalue weighted by atomic mass is 35.5. The number of thioether (sulfide) groups is 1. The zero-order valence-electron chi connectivity index (χ0n) is 18.5. The summed E-state index contributed by atoms with van der Waals surface area (Å²) in [5, 5.41) is 4.15. The molecule has 3 fully saturated rings. The van der Waals surface area contributed by atoms with E-state index in [-0.39, 0.29) is 23.8 Å². The fourth-order valence-electron chi connectivity index (χ4n) is 5.05. The number of piperazine rings is 1. The molecule has 1 N–H and O–H groups in total. The highest BCUT2D eigenvalue weighted by molar-refractivity contribution is 8.04. The molecule has 7 heteroatoms. The summed E-state index contributed by atoms with van der Waals surface area (Å²) >= 11 is 7.73. The van der Waals surface area contributed by atoms with Crippen LogP contribution in [0, 0.1) is 5.92 Å². The van der Waals surface area contributed by atoms with Gasteiger partial charge in [-0.3, -0.25) is 9.59 Å². The van der Waals surface area contributed by atoms with Gasteiger partial charge in [0.1, 0.15) is 0 Å². The van der Waals surface area contributed by atoms with Crippen molar-refractivity contribution in [2.45, 2.75) is 30.6 Å². The Kier molecular flexibility index (Phi) is 6.65. The molecule has 0 aromatic heterocycles. The lowest BCUT2D eigenvalue weighted by Gasteiger charge is -2.42. The van der Waals surface area contributed by atoms with Gasteiger partial charge in [-0.2, -0.15) is 0 Å². The summed E-state index contributed by atoms with van der Waals surface area (Å²) in [5.74, 6) is 0.195. The van der Waals surface area contributed by atoms with Crippen LogP contribution in [0.2, 0.25) is 5.02 Å². The smallest absolute Gasteiger partial charge is 0.257 e. The Morgan fingerprint density at radius 3 is 2.58 bits per heavy atom. The average Bonchev–Trinajstić information content (AvgIpc) is 2.84. The minimum Gasteiger partial charge on any atom is -0.368 e.